The van der Waals surface area contributed by atoms with Crippen molar-refractivity contribution >= 4 is 27.8 Å². The summed E-state index contributed by atoms with van der Waals surface area (Å²) in [6.45, 7) is 0.127. The fourth-order valence-electron chi connectivity index (χ4n) is 2.34. The molecule has 0 amide bonds. The monoisotopic (exact) mass is 348 g/mol. The van der Waals surface area contributed by atoms with E-state index in [1.165, 1.54) is 34.9 Å². The van der Waals surface area contributed by atoms with Crippen molar-refractivity contribution in [3.63, 3.8) is 0 Å². The Kier molecular flexibility index (Phi) is 4.30. The van der Waals surface area contributed by atoms with Gasteiger partial charge in [-0.3, -0.25) is 18.7 Å². The van der Waals surface area contributed by atoms with Crippen LogP contribution in [0.1, 0.15) is 9.67 Å². The third-order valence-corrected chi connectivity index (χ3v) is 4.68. The molecule has 0 bridgehead atoms. The number of benzene rings is 1. The first-order valence-corrected chi connectivity index (χ1v) is 7.90. The molecule has 3 rings (SSSR count). The Morgan fingerprint density at radius 2 is 1.96 bits per heavy atom. The summed E-state index contributed by atoms with van der Waals surface area (Å²) in [5.41, 5.74) is -0.935. The molecule has 0 unspecified atom stereocenters. The highest BCUT2D eigenvalue weighted by atomic mass is 32.1. The quantitative estimate of drug-likeness (QED) is 0.659. The predicted molar refractivity (Wildman–Crippen MR) is 88.6 cm³/mol. The molecule has 3 aromatic rings. The lowest BCUT2D eigenvalue weighted by molar-refractivity contribution is 0.112. The van der Waals surface area contributed by atoms with E-state index in [4.69, 9.17) is 4.74 Å². The van der Waals surface area contributed by atoms with Gasteiger partial charge in [-0.25, -0.2) is 9.18 Å². The number of hydrogen-bond donors (Lipinski definition) is 0. The molecule has 8 heteroatoms. The molecule has 2 heterocycles. The summed E-state index contributed by atoms with van der Waals surface area (Å²) < 4.78 is 20.7. The van der Waals surface area contributed by atoms with Crippen LogP contribution in [0.25, 0.3) is 10.2 Å². The first-order chi connectivity index (χ1) is 11.5. The van der Waals surface area contributed by atoms with Crippen LogP contribution in [0.15, 0.2) is 39.9 Å². The molecular weight excluding hydrogens is 335 g/mol. The zero-order valence-corrected chi connectivity index (χ0v) is 13.5. The van der Waals surface area contributed by atoms with E-state index < -0.39 is 11.2 Å². The van der Waals surface area contributed by atoms with Gasteiger partial charge in [0, 0.05) is 7.05 Å². The number of thiophene rings is 1. The number of fused-ring (bicyclic) bond motifs is 1. The maximum atomic E-state index is 12.8. The highest BCUT2D eigenvalue weighted by molar-refractivity contribution is 7.20. The van der Waals surface area contributed by atoms with Gasteiger partial charge in [0.15, 0.2) is 6.29 Å². The van der Waals surface area contributed by atoms with Crippen molar-refractivity contribution in [1.29, 1.82) is 0 Å². The minimum atomic E-state index is -0.477. The maximum Gasteiger partial charge on any atom is 0.331 e. The minimum Gasteiger partial charge on any atom is -0.492 e. The standard InChI is InChI=1S/C16H13FN2O4S/c1-18-15-13(8-12(9-20)24-15)14(21)19(16(18)22)6-7-23-11-4-2-10(17)3-5-11/h2-5,8-9H,6-7H2,1H3. The summed E-state index contributed by atoms with van der Waals surface area (Å²) in [6.07, 6.45) is 0.649. The second kappa shape index (κ2) is 6.40. The molecule has 2 aromatic heterocycles. The minimum absolute atomic E-state index is 0.0467. The lowest BCUT2D eigenvalue weighted by Gasteiger charge is -2.09. The van der Waals surface area contributed by atoms with Gasteiger partial charge >= 0.3 is 5.69 Å². The zero-order chi connectivity index (χ0) is 17.3. The van der Waals surface area contributed by atoms with Gasteiger partial charge in [0.25, 0.3) is 5.56 Å². The van der Waals surface area contributed by atoms with Crippen molar-refractivity contribution in [3.05, 3.63) is 61.9 Å². The Morgan fingerprint density at radius 3 is 2.62 bits per heavy atom. The number of aldehydes is 1. The number of carbonyl (C=O) groups is 1. The van der Waals surface area contributed by atoms with Gasteiger partial charge in [0.05, 0.1) is 16.8 Å². The molecule has 1 aromatic carbocycles. The Bertz CT molecular complexity index is 1020. The molecule has 0 N–H and O–H groups in total. The predicted octanol–water partition coefficient (Wildman–Crippen LogP) is 1.79. The van der Waals surface area contributed by atoms with Gasteiger partial charge in [0.1, 0.15) is 23.0 Å². The Labute approximate surface area is 139 Å². The number of carbonyl (C=O) groups excluding carboxylic acids is 1. The molecule has 0 radical (unpaired) electrons. The van der Waals surface area contributed by atoms with Gasteiger partial charge in [-0.1, -0.05) is 0 Å². The topological polar surface area (TPSA) is 70.3 Å². The van der Waals surface area contributed by atoms with Crippen molar-refractivity contribution in [1.82, 2.24) is 9.13 Å². The highest BCUT2D eigenvalue weighted by Crippen LogP contribution is 2.19. The van der Waals surface area contributed by atoms with Crippen molar-refractivity contribution < 1.29 is 13.9 Å². The summed E-state index contributed by atoms with van der Waals surface area (Å²) in [5, 5.41) is 0.325. The summed E-state index contributed by atoms with van der Waals surface area (Å²) in [7, 11) is 1.55. The van der Waals surface area contributed by atoms with Gasteiger partial charge in [-0.2, -0.15) is 0 Å². The molecule has 0 aliphatic carbocycles. The lowest BCUT2D eigenvalue weighted by atomic mass is 10.3. The van der Waals surface area contributed by atoms with E-state index in [1.54, 1.807) is 7.05 Å². The lowest BCUT2D eigenvalue weighted by Crippen LogP contribution is -2.39. The fraction of sp³-hybridized carbons (Fsp3) is 0.188. The largest absolute Gasteiger partial charge is 0.492 e. The van der Waals surface area contributed by atoms with E-state index in [-0.39, 0.29) is 19.0 Å². The Morgan fingerprint density at radius 1 is 1.25 bits per heavy atom. The van der Waals surface area contributed by atoms with E-state index in [1.807, 2.05) is 0 Å². The van der Waals surface area contributed by atoms with Gasteiger partial charge < -0.3 is 4.74 Å². The van der Waals surface area contributed by atoms with E-state index in [9.17, 15) is 18.8 Å². The number of aromatic nitrogens is 2. The third-order valence-electron chi connectivity index (χ3n) is 3.54. The second-order valence-corrected chi connectivity index (χ2v) is 6.15. The summed E-state index contributed by atoms with van der Waals surface area (Å²) >= 11 is 1.10. The van der Waals surface area contributed by atoms with Crippen molar-refractivity contribution in [2.45, 2.75) is 6.54 Å². The van der Waals surface area contributed by atoms with E-state index in [0.29, 0.717) is 27.1 Å². The molecule has 0 spiro atoms. The number of ether oxygens (including phenoxy) is 1. The third kappa shape index (κ3) is 2.88. The number of hydrogen-bond acceptors (Lipinski definition) is 5. The fourth-order valence-corrected chi connectivity index (χ4v) is 3.26. The molecule has 0 atom stereocenters. The van der Waals surface area contributed by atoms with Crippen LogP contribution in [0.5, 0.6) is 5.75 Å². The van der Waals surface area contributed by atoms with Crippen LogP contribution >= 0.6 is 11.3 Å². The molecule has 24 heavy (non-hydrogen) atoms. The number of rotatable bonds is 5. The van der Waals surface area contributed by atoms with Gasteiger partial charge in [-0.05, 0) is 30.3 Å². The summed E-state index contributed by atoms with van der Waals surface area (Å²) in [5.74, 6) is 0.0717. The average Bonchev–Trinajstić information content (AvgIpc) is 3.02. The molecule has 0 aliphatic heterocycles. The summed E-state index contributed by atoms with van der Waals surface area (Å²) in [6, 6.07) is 6.94. The molecular formula is C16H13FN2O4S. The van der Waals surface area contributed by atoms with Crippen molar-refractivity contribution in [2.75, 3.05) is 6.61 Å². The molecule has 0 saturated carbocycles. The van der Waals surface area contributed by atoms with Crippen LogP contribution in [-0.2, 0) is 13.6 Å². The van der Waals surface area contributed by atoms with Gasteiger partial charge in [-0.15, -0.1) is 11.3 Å². The first-order valence-electron chi connectivity index (χ1n) is 7.08. The van der Waals surface area contributed by atoms with Crippen LogP contribution in [0.4, 0.5) is 4.39 Å². The van der Waals surface area contributed by atoms with Crippen LogP contribution in [0.2, 0.25) is 0 Å². The van der Waals surface area contributed by atoms with Gasteiger partial charge in [0.2, 0.25) is 0 Å². The molecule has 6 nitrogen and oxygen atoms in total. The summed E-state index contributed by atoms with van der Waals surface area (Å²) in [4.78, 5) is 36.5. The number of halogens is 1. The number of nitrogens with zero attached hydrogens (tertiary/aromatic N) is 2. The second-order valence-electron chi connectivity index (χ2n) is 5.09. The van der Waals surface area contributed by atoms with E-state index in [0.717, 1.165) is 15.9 Å². The Hall–Kier alpha value is -2.74. The SMILES string of the molecule is Cn1c(=O)n(CCOc2ccc(F)cc2)c(=O)c2cc(C=O)sc21. The molecule has 124 valence electrons. The number of aryl methyl sites for hydroxylation is 1. The molecule has 0 saturated heterocycles. The molecule has 0 aliphatic rings. The first kappa shape index (κ1) is 16.1. The average molecular weight is 348 g/mol. The van der Waals surface area contributed by atoms with Crippen LogP contribution < -0.4 is 16.0 Å². The van der Waals surface area contributed by atoms with Crippen molar-refractivity contribution in [3.8, 4) is 5.75 Å². The highest BCUT2D eigenvalue weighted by Gasteiger charge is 2.14. The maximum absolute atomic E-state index is 12.8. The Balaban J connectivity index is 1.89. The van der Waals surface area contributed by atoms with E-state index >= 15 is 0 Å². The molecule has 0 fully saturated rings. The normalized spacial score (nSPS) is 10.9. The van der Waals surface area contributed by atoms with Crippen LogP contribution in [-0.4, -0.2) is 22.0 Å². The zero-order valence-electron chi connectivity index (χ0n) is 12.7. The smallest absolute Gasteiger partial charge is 0.331 e. The van der Waals surface area contributed by atoms with E-state index in [2.05, 4.69) is 0 Å². The van der Waals surface area contributed by atoms with Crippen molar-refractivity contribution in [2.24, 2.45) is 7.05 Å². The van der Waals surface area contributed by atoms with Crippen LogP contribution in [0, 0.1) is 5.82 Å². The van der Waals surface area contributed by atoms with Crippen LogP contribution in [0.3, 0.4) is 0 Å².